The smallest absolute Gasteiger partial charge is 0.246 e. The van der Waals surface area contributed by atoms with Crippen LogP contribution in [0.3, 0.4) is 0 Å². The molecule has 0 aliphatic heterocycles. The van der Waals surface area contributed by atoms with E-state index in [-0.39, 0.29) is 24.7 Å². The molecule has 0 radical (unpaired) electrons. The fourth-order valence-electron chi connectivity index (χ4n) is 2.23. The first-order valence-electron chi connectivity index (χ1n) is 6.75. The molecule has 4 nitrogen and oxygen atoms in total. The van der Waals surface area contributed by atoms with Crippen LogP contribution in [0.1, 0.15) is 46.0 Å². The normalized spacial score (nSPS) is 26.5. The van der Waals surface area contributed by atoms with Crippen molar-refractivity contribution >= 4 is 5.91 Å². The summed E-state index contributed by atoms with van der Waals surface area (Å²) in [6.07, 6.45) is 5.81. The summed E-state index contributed by atoms with van der Waals surface area (Å²) in [5.41, 5.74) is 0. The summed E-state index contributed by atoms with van der Waals surface area (Å²) in [5, 5.41) is 6.19. The lowest BCUT2D eigenvalue weighted by molar-refractivity contribution is -0.129. The van der Waals surface area contributed by atoms with Crippen LogP contribution in [0.4, 0.5) is 0 Å². The first kappa shape index (κ1) is 14.5. The number of ether oxygens (including phenoxy) is 1. The van der Waals surface area contributed by atoms with Gasteiger partial charge in [-0.15, -0.1) is 0 Å². The molecule has 17 heavy (non-hydrogen) atoms. The van der Waals surface area contributed by atoms with Gasteiger partial charge in [0.05, 0.1) is 6.10 Å². The Morgan fingerprint density at radius 1 is 1.41 bits per heavy atom. The van der Waals surface area contributed by atoms with E-state index in [2.05, 4.69) is 17.6 Å². The van der Waals surface area contributed by atoms with E-state index in [1.165, 1.54) is 12.8 Å². The zero-order chi connectivity index (χ0) is 12.7. The van der Waals surface area contributed by atoms with Crippen molar-refractivity contribution in [1.82, 2.24) is 10.6 Å². The molecule has 4 heteroatoms. The van der Waals surface area contributed by atoms with Gasteiger partial charge in [-0.25, -0.2) is 0 Å². The van der Waals surface area contributed by atoms with Crippen LogP contribution in [0.25, 0.3) is 0 Å². The van der Waals surface area contributed by atoms with Gasteiger partial charge in [-0.1, -0.05) is 19.8 Å². The van der Waals surface area contributed by atoms with Crippen molar-refractivity contribution < 1.29 is 9.53 Å². The second kappa shape index (κ2) is 7.67. The zero-order valence-electron chi connectivity index (χ0n) is 11.3. The van der Waals surface area contributed by atoms with Crippen LogP contribution >= 0.6 is 0 Å². The van der Waals surface area contributed by atoms with Gasteiger partial charge < -0.3 is 15.4 Å². The quantitative estimate of drug-likeness (QED) is 0.741. The minimum atomic E-state index is -0.000207. The highest BCUT2D eigenvalue weighted by atomic mass is 16.5. The maximum atomic E-state index is 11.6. The predicted molar refractivity (Wildman–Crippen MR) is 69.0 cm³/mol. The van der Waals surface area contributed by atoms with Gasteiger partial charge in [0.15, 0.2) is 0 Å². The third-order valence-corrected chi connectivity index (χ3v) is 3.52. The van der Waals surface area contributed by atoms with E-state index in [1.807, 2.05) is 14.0 Å². The van der Waals surface area contributed by atoms with Gasteiger partial charge in [0.25, 0.3) is 0 Å². The molecule has 1 aliphatic rings. The highest BCUT2D eigenvalue weighted by molar-refractivity contribution is 5.77. The molecule has 3 atom stereocenters. The van der Waals surface area contributed by atoms with E-state index in [4.69, 9.17) is 4.74 Å². The monoisotopic (exact) mass is 242 g/mol. The second-order valence-electron chi connectivity index (χ2n) is 4.91. The van der Waals surface area contributed by atoms with Crippen LogP contribution in [0.5, 0.6) is 0 Å². The molecule has 100 valence electrons. The molecule has 0 aromatic carbocycles. The average molecular weight is 242 g/mol. The first-order valence-corrected chi connectivity index (χ1v) is 6.75. The topological polar surface area (TPSA) is 50.4 Å². The molecule has 1 fully saturated rings. The van der Waals surface area contributed by atoms with Crippen LogP contribution < -0.4 is 10.6 Å². The lowest BCUT2D eigenvalue weighted by atomic mass is 9.92. The molecule has 1 rings (SSSR count). The summed E-state index contributed by atoms with van der Waals surface area (Å²) in [6, 6.07) is 0.637. The van der Waals surface area contributed by atoms with Crippen LogP contribution in [-0.4, -0.2) is 37.7 Å². The van der Waals surface area contributed by atoms with Crippen LogP contribution in [0.15, 0.2) is 0 Å². The van der Waals surface area contributed by atoms with E-state index < -0.39 is 0 Å². The molecule has 0 aromatic heterocycles. The molecule has 0 bridgehead atoms. The Morgan fingerprint density at radius 2 is 2.12 bits per heavy atom. The molecular formula is C13H26N2O2. The van der Waals surface area contributed by atoms with E-state index in [0.717, 1.165) is 19.3 Å². The molecule has 0 aromatic rings. The van der Waals surface area contributed by atoms with Crippen LogP contribution in [0, 0.1) is 0 Å². The maximum Gasteiger partial charge on any atom is 0.246 e. The van der Waals surface area contributed by atoms with Crippen molar-refractivity contribution in [3.63, 3.8) is 0 Å². The van der Waals surface area contributed by atoms with Crippen LogP contribution in [0.2, 0.25) is 0 Å². The van der Waals surface area contributed by atoms with Crippen molar-refractivity contribution in [2.75, 3.05) is 13.7 Å². The van der Waals surface area contributed by atoms with E-state index in [0.29, 0.717) is 6.04 Å². The second-order valence-corrected chi connectivity index (χ2v) is 4.91. The molecule has 1 amide bonds. The largest absolute Gasteiger partial charge is 0.367 e. The third-order valence-electron chi connectivity index (χ3n) is 3.52. The number of carbonyl (C=O) groups excluding carboxylic acids is 1. The van der Waals surface area contributed by atoms with Crippen molar-refractivity contribution in [2.24, 2.45) is 0 Å². The van der Waals surface area contributed by atoms with Crippen molar-refractivity contribution in [1.29, 1.82) is 0 Å². The van der Waals surface area contributed by atoms with Crippen molar-refractivity contribution in [3.05, 3.63) is 0 Å². The van der Waals surface area contributed by atoms with Crippen molar-refractivity contribution in [3.8, 4) is 0 Å². The van der Waals surface area contributed by atoms with E-state index in [1.54, 1.807) is 0 Å². The standard InChI is InChI=1S/C13H26N2O2/c1-4-10(2)15-13(16)9-17-12-8-6-5-7-11(12)14-3/h10-12,14H,4-9H2,1-3H3,(H,15,16). The summed E-state index contributed by atoms with van der Waals surface area (Å²) >= 11 is 0. The SMILES string of the molecule is CCC(C)NC(=O)COC1CCCCC1NC. The Morgan fingerprint density at radius 3 is 2.76 bits per heavy atom. The Balaban J connectivity index is 2.26. The number of carbonyl (C=O) groups is 1. The Hall–Kier alpha value is -0.610. The van der Waals surface area contributed by atoms with Gasteiger partial charge in [0.2, 0.25) is 5.91 Å². The highest BCUT2D eigenvalue weighted by Gasteiger charge is 2.24. The van der Waals surface area contributed by atoms with Gasteiger partial charge in [0.1, 0.15) is 6.61 Å². The first-order chi connectivity index (χ1) is 8.17. The summed E-state index contributed by atoms with van der Waals surface area (Å²) in [4.78, 5) is 11.6. The number of hydrogen-bond donors (Lipinski definition) is 2. The van der Waals surface area contributed by atoms with Gasteiger partial charge in [-0.05, 0) is 33.2 Å². The molecular weight excluding hydrogens is 216 g/mol. The van der Waals surface area contributed by atoms with Crippen LogP contribution in [-0.2, 0) is 9.53 Å². The van der Waals surface area contributed by atoms with E-state index in [9.17, 15) is 4.79 Å². The molecule has 1 aliphatic carbocycles. The minimum absolute atomic E-state index is 0.000207. The fraction of sp³-hybridized carbons (Fsp3) is 0.923. The maximum absolute atomic E-state index is 11.6. The number of likely N-dealkylation sites (N-methyl/N-ethyl adjacent to an activating group) is 1. The van der Waals surface area contributed by atoms with Crippen molar-refractivity contribution in [2.45, 2.75) is 64.1 Å². The number of rotatable bonds is 6. The highest BCUT2D eigenvalue weighted by Crippen LogP contribution is 2.20. The Labute approximate surface area is 104 Å². The lowest BCUT2D eigenvalue weighted by Crippen LogP contribution is -2.44. The molecule has 3 unspecified atom stereocenters. The van der Waals surface area contributed by atoms with E-state index >= 15 is 0 Å². The summed E-state index contributed by atoms with van der Waals surface area (Å²) in [5.74, 6) is -0.000207. The minimum Gasteiger partial charge on any atom is -0.367 e. The molecule has 0 heterocycles. The van der Waals surface area contributed by atoms with Gasteiger partial charge in [-0.3, -0.25) is 4.79 Å². The fourth-order valence-corrected chi connectivity index (χ4v) is 2.23. The third kappa shape index (κ3) is 5.04. The lowest BCUT2D eigenvalue weighted by Gasteiger charge is -2.31. The molecule has 0 spiro atoms. The summed E-state index contributed by atoms with van der Waals surface area (Å²) in [7, 11) is 1.96. The molecule has 2 N–H and O–H groups in total. The van der Waals surface area contributed by atoms with Gasteiger partial charge >= 0.3 is 0 Å². The molecule has 1 saturated carbocycles. The molecule has 0 saturated heterocycles. The van der Waals surface area contributed by atoms with Gasteiger partial charge in [0, 0.05) is 12.1 Å². The average Bonchev–Trinajstić information content (AvgIpc) is 2.36. The predicted octanol–water partition coefficient (Wildman–Crippen LogP) is 1.45. The Kier molecular flexibility index (Phi) is 6.52. The summed E-state index contributed by atoms with van der Waals surface area (Å²) < 4.78 is 5.72. The summed E-state index contributed by atoms with van der Waals surface area (Å²) in [6.45, 7) is 4.26. The number of hydrogen-bond acceptors (Lipinski definition) is 3. The Bertz CT molecular complexity index is 233. The van der Waals surface area contributed by atoms with Gasteiger partial charge in [-0.2, -0.15) is 0 Å². The number of amides is 1. The number of nitrogens with one attached hydrogen (secondary N) is 2. The zero-order valence-corrected chi connectivity index (χ0v) is 11.3.